The zero-order chi connectivity index (χ0) is 19.9. The van der Waals surface area contributed by atoms with Gasteiger partial charge in [0.15, 0.2) is 0 Å². The normalized spacial score (nSPS) is 11.1. The van der Waals surface area contributed by atoms with E-state index in [0.29, 0.717) is 19.4 Å². The molecule has 0 atom stereocenters. The number of hydrogen-bond acceptors (Lipinski definition) is 4. The molecule has 2 aromatic rings. The van der Waals surface area contributed by atoms with Gasteiger partial charge < -0.3 is 10.4 Å². The molecule has 0 aliphatic carbocycles. The first-order chi connectivity index (χ1) is 12.8. The Hall–Kier alpha value is -2.71. The summed E-state index contributed by atoms with van der Waals surface area (Å²) in [5.41, 5.74) is 1.94. The van der Waals surface area contributed by atoms with Crippen molar-refractivity contribution in [2.24, 2.45) is 0 Å². The Kier molecular flexibility index (Phi) is 7.09. The van der Waals surface area contributed by atoms with Crippen LogP contribution < -0.4 is 10.0 Å². The molecule has 0 saturated heterocycles. The molecule has 0 heterocycles. The van der Waals surface area contributed by atoms with Crippen LogP contribution in [0.1, 0.15) is 27.9 Å². The molecule has 0 unspecified atom stereocenters. The maximum absolute atomic E-state index is 11.9. The van der Waals surface area contributed by atoms with Gasteiger partial charge in [-0.15, -0.1) is 0 Å². The first-order valence-electron chi connectivity index (χ1n) is 8.43. The van der Waals surface area contributed by atoms with Crippen LogP contribution in [-0.4, -0.2) is 39.0 Å². The highest BCUT2D eigenvalue weighted by Crippen LogP contribution is 2.11. The number of carboxylic acids is 1. The average Bonchev–Trinajstić information content (AvgIpc) is 2.67. The van der Waals surface area contributed by atoms with Crippen LogP contribution in [0.15, 0.2) is 53.4 Å². The van der Waals surface area contributed by atoms with Crippen LogP contribution in [0.2, 0.25) is 0 Å². The van der Waals surface area contributed by atoms with Crippen LogP contribution in [0.5, 0.6) is 0 Å². The monoisotopic (exact) mass is 390 g/mol. The number of aromatic carboxylic acids is 1. The van der Waals surface area contributed by atoms with Gasteiger partial charge in [0.25, 0.3) is 0 Å². The van der Waals surface area contributed by atoms with Crippen molar-refractivity contribution < 1.29 is 23.1 Å². The van der Waals surface area contributed by atoms with Gasteiger partial charge in [-0.3, -0.25) is 4.79 Å². The van der Waals surface area contributed by atoms with E-state index in [-0.39, 0.29) is 22.8 Å². The fraction of sp³-hybridized carbons (Fsp3) is 0.263. The van der Waals surface area contributed by atoms with Crippen molar-refractivity contribution in [3.05, 3.63) is 65.2 Å². The van der Waals surface area contributed by atoms with Gasteiger partial charge in [-0.1, -0.05) is 24.3 Å². The quantitative estimate of drug-likeness (QED) is 0.602. The lowest BCUT2D eigenvalue weighted by atomic mass is 10.1. The fourth-order valence-electron chi connectivity index (χ4n) is 2.51. The highest BCUT2D eigenvalue weighted by Gasteiger charge is 2.11. The van der Waals surface area contributed by atoms with Gasteiger partial charge in [-0.25, -0.2) is 17.9 Å². The van der Waals surface area contributed by atoms with Crippen molar-refractivity contribution in [2.75, 3.05) is 13.6 Å². The van der Waals surface area contributed by atoms with E-state index in [9.17, 15) is 18.0 Å². The summed E-state index contributed by atoms with van der Waals surface area (Å²) in [6.45, 7) is 0.418. The van der Waals surface area contributed by atoms with E-state index in [2.05, 4.69) is 10.0 Å². The fourth-order valence-corrected chi connectivity index (χ4v) is 3.24. The molecule has 3 N–H and O–H groups in total. The minimum absolute atomic E-state index is 0.115. The third-order valence-electron chi connectivity index (χ3n) is 4.05. The Morgan fingerprint density at radius 1 is 1.00 bits per heavy atom. The molecule has 0 radical (unpaired) electrons. The van der Waals surface area contributed by atoms with Crippen LogP contribution in [0.25, 0.3) is 0 Å². The molecule has 0 aromatic heterocycles. The predicted molar refractivity (Wildman–Crippen MR) is 101 cm³/mol. The van der Waals surface area contributed by atoms with Crippen LogP contribution >= 0.6 is 0 Å². The Bertz CT molecular complexity index is 908. The predicted octanol–water partition coefficient (Wildman–Crippen LogP) is 1.58. The lowest BCUT2D eigenvalue weighted by Crippen LogP contribution is -2.25. The van der Waals surface area contributed by atoms with Gasteiger partial charge in [0.05, 0.1) is 10.5 Å². The summed E-state index contributed by atoms with van der Waals surface area (Å²) < 4.78 is 25.6. The summed E-state index contributed by atoms with van der Waals surface area (Å²) in [6.07, 6.45) is 1.33. The third kappa shape index (κ3) is 6.19. The van der Waals surface area contributed by atoms with Crippen molar-refractivity contribution in [1.82, 2.24) is 10.0 Å². The molecule has 144 valence electrons. The maximum atomic E-state index is 11.9. The number of hydrogen-bond donors (Lipinski definition) is 3. The number of carbonyl (C=O) groups excluding carboxylic acids is 1. The Morgan fingerprint density at radius 3 is 2.33 bits per heavy atom. The van der Waals surface area contributed by atoms with Crippen molar-refractivity contribution in [1.29, 1.82) is 0 Å². The molecule has 0 saturated carbocycles. The van der Waals surface area contributed by atoms with Crippen molar-refractivity contribution in [3.8, 4) is 0 Å². The first kappa shape index (κ1) is 20.6. The van der Waals surface area contributed by atoms with Gasteiger partial charge >= 0.3 is 5.97 Å². The molecule has 0 aliphatic heterocycles. The third-order valence-corrected chi connectivity index (χ3v) is 5.48. The second kappa shape index (κ2) is 9.29. The first-order valence-corrected chi connectivity index (χ1v) is 9.91. The molecule has 0 bridgehead atoms. The van der Waals surface area contributed by atoms with Crippen molar-refractivity contribution in [2.45, 2.75) is 24.2 Å². The summed E-state index contributed by atoms with van der Waals surface area (Å²) in [5.74, 6) is -1.09. The van der Waals surface area contributed by atoms with Crippen LogP contribution in [0.4, 0.5) is 0 Å². The number of aryl methyl sites for hydroxylation is 1. The summed E-state index contributed by atoms with van der Waals surface area (Å²) in [5, 5.41) is 11.8. The number of amides is 1. The number of sulfonamides is 1. The molecule has 2 aromatic carbocycles. The number of rotatable bonds is 9. The Labute approximate surface area is 158 Å². The molecule has 8 heteroatoms. The zero-order valence-electron chi connectivity index (χ0n) is 14.9. The number of nitrogens with one attached hydrogen (secondary N) is 2. The van der Waals surface area contributed by atoms with Gasteiger partial charge in [-0.2, -0.15) is 0 Å². The van der Waals surface area contributed by atoms with Crippen LogP contribution in [0, 0.1) is 0 Å². The largest absolute Gasteiger partial charge is 0.478 e. The maximum Gasteiger partial charge on any atom is 0.335 e. The lowest BCUT2D eigenvalue weighted by molar-refractivity contribution is -0.121. The van der Waals surface area contributed by atoms with Crippen molar-refractivity contribution in [3.63, 3.8) is 0 Å². The minimum Gasteiger partial charge on any atom is -0.478 e. The molecule has 0 spiro atoms. The van der Waals surface area contributed by atoms with Gasteiger partial charge in [0.1, 0.15) is 0 Å². The van der Waals surface area contributed by atoms with Crippen LogP contribution in [-0.2, 0) is 27.7 Å². The van der Waals surface area contributed by atoms with E-state index in [4.69, 9.17) is 5.11 Å². The molecular formula is C19H22N2O5S. The van der Waals surface area contributed by atoms with Crippen LogP contribution in [0.3, 0.4) is 0 Å². The molecular weight excluding hydrogens is 368 g/mol. The molecule has 1 amide bonds. The van der Waals surface area contributed by atoms with E-state index in [1.165, 1.54) is 25.2 Å². The highest BCUT2D eigenvalue weighted by molar-refractivity contribution is 7.89. The number of benzene rings is 2. The van der Waals surface area contributed by atoms with Gasteiger partial charge in [0.2, 0.25) is 15.9 Å². The highest BCUT2D eigenvalue weighted by atomic mass is 32.2. The molecule has 0 fully saturated rings. The second-order valence-electron chi connectivity index (χ2n) is 5.96. The summed E-state index contributed by atoms with van der Waals surface area (Å²) in [6, 6.07) is 13.0. The number of carboxylic acid groups (broad SMARTS) is 1. The topological polar surface area (TPSA) is 113 Å². The summed E-state index contributed by atoms with van der Waals surface area (Å²) in [4.78, 5) is 23.1. The Morgan fingerprint density at radius 2 is 1.70 bits per heavy atom. The smallest absolute Gasteiger partial charge is 0.335 e. The van der Waals surface area contributed by atoms with Crippen molar-refractivity contribution >= 4 is 21.9 Å². The van der Waals surface area contributed by atoms with Gasteiger partial charge in [-0.05, 0) is 55.3 Å². The molecule has 0 aliphatic rings. The second-order valence-corrected chi connectivity index (χ2v) is 7.84. The molecule has 27 heavy (non-hydrogen) atoms. The molecule has 7 nitrogen and oxygen atoms in total. The Balaban J connectivity index is 1.78. The van der Waals surface area contributed by atoms with E-state index < -0.39 is 16.0 Å². The average molecular weight is 390 g/mol. The summed E-state index contributed by atoms with van der Waals surface area (Å²) in [7, 11) is -2.11. The summed E-state index contributed by atoms with van der Waals surface area (Å²) >= 11 is 0. The van der Waals surface area contributed by atoms with E-state index >= 15 is 0 Å². The number of carbonyl (C=O) groups is 2. The standard InChI is InChI=1S/C19H22N2O5S/c1-20-27(25,26)17-8-5-14(6-9-17)7-10-18(22)21-12-11-15-3-2-4-16(13-15)19(23)24/h2-6,8-9,13,20H,7,10-12H2,1H3,(H,21,22)(H,23,24). The van der Waals surface area contributed by atoms with E-state index in [1.807, 2.05) is 6.07 Å². The molecule has 2 rings (SSSR count). The SMILES string of the molecule is CNS(=O)(=O)c1ccc(CCC(=O)NCCc2cccc(C(=O)O)c2)cc1. The lowest BCUT2D eigenvalue weighted by Gasteiger charge is -2.07. The van der Waals surface area contributed by atoms with Gasteiger partial charge in [0, 0.05) is 13.0 Å². The zero-order valence-corrected chi connectivity index (χ0v) is 15.8. The van der Waals surface area contributed by atoms with E-state index in [0.717, 1.165) is 11.1 Å². The minimum atomic E-state index is -3.46. The van der Waals surface area contributed by atoms with E-state index in [1.54, 1.807) is 24.3 Å².